The van der Waals surface area contributed by atoms with Gasteiger partial charge in [0.15, 0.2) is 0 Å². The summed E-state index contributed by atoms with van der Waals surface area (Å²) >= 11 is 0. The molecule has 4 nitrogen and oxygen atoms in total. The monoisotopic (exact) mass is 298 g/mol. The molecule has 0 heterocycles. The number of hydrogen-bond donors (Lipinski definition) is 4. The van der Waals surface area contributed by atoms with Gasteiger partial charge < -0.3 is 21.7 Å². The number of hydrogen-bond acceptors (Lipinski definition) is 4. The summed E-state index contributed by atoms with van der Waals surface area (Å²) in [6.07, 6.45) is 0.647. The van der Waals surface area contributed by atoms with Crippen molar-refractivity contribution in [1.29, 1.82) is 0 Å². The Morgan fingerprint density at radius 3 is 1.41 bits per heavy atom. The zero-order valence-electron chi connectivity index (χ0n) is 12.4. The molecule has 0 saturated carbocycles. The molecule has 0 amide bonds. The van der Waals surface area contributed by atoms with Crippen molar-refractivity contribution >= 4 is 0 Å². The summed E-state index contributed by atoms with van der Waals surface area (Å²) in [5.74, 6) is 0. The third-order valence-electron chi connectivity index (χ3n) is 4.52. The number of aliphatic hydroxyl groups excluding tert-OH is 2. The van der Waals surface area contributed by atoms with Gasteiger partial charge in [0.05, 0.1) is 24.3 Å². The van der Waals surface area contributed by atoms with Crippen LogP contribution in [0, 0.1) is 0 Å². The average Bonchev–Trinajstić information content (AvgIpc) is 2.98. The van der Waals surface area contributed by atoms with Gasteiger partial charge >= 0.3 is 0 Å². The van der Waals surface area contributed by atoms with E-state index in [1.165, 1.54) is 11.1 Å². The van der Waals surface area contributed by atoms with Gasteiger partial charge in [-0.25, -0.2) is 0 Å². The molecule has 116 valence electrons. The van der Waals surface area contributed by atoms with Crippen LogP contribution in [0.2, 0.25) is 0 Å². The molecule has 0 bridgehead atoms. The van der Waals surface area contributed by atoms with Crippen LogP contribution < -0.4 is 11.5 Å². The minimum Gasteiger partial charge on any atom is -0.391 e. The van der Waals surface area contributed by atoms with Crippen LogP contribution in [0.25, 0.3) is 0 Å². The largest absolute Gasteiger partial charge is 0.391 e. The van der Waals surface area contributed by atoms with Crippen LogP contribution in [0.4, 0.5) is 0 Å². The van der Waals surface area contributed by atoms with Gasteiger partial charge in [0, 0.05) is 12.8 Å². The zero-order chi connectivity index (χ0) is 15.7. The van der Waals surface area contributed by atoms with Crippen molar-refractivity contribution in [2.24, 2.45) is 11.5 Å². The van der Waals surface area contributed by atoms with Crippen LogP contribution >= 0.6 is 0 Å². The first-order valence-electron chi connectivity index (χ1n) is 7.61. The Labute approximate surface area is 130 Å². The number of rotatable bonds is 0. The highest BCUT2D eigenvalue weighted by Crippen LogP contribution is 2.29. The quantitative estimate of drug-likeness (QED) is 0.588. The van der Waals surface area contributed by atoms with E-state index in [4.69, 9.17) is 11.5 Å². The van der Waals surface area contributed by atoms with Gasteiger partial charge in [-0.1, -0.05) is 48.5 Å². The summed E-state index contributed by atoms with van der Waals surface area (Å²) in [6.45, 7) is 0. The fourth-order valence-corrected chi connectivity index (χ4v) is 3.21. The molecule has 2 aromatic carbocycles. The molecule has 0 fully saturated rings. The second-order valence-electron chi connectivity index (χ2n) is 5.99. The lowest BCUT2D eigenvalue weighted by molar-refractivity contribution is 0.158. The first-order valence-corrected chi connectivity index (χ1v) is 7.61. The van der Waals surface area contributed by atoms with E-state index in [0.29, 0.717) is 12.8 Å². The van der Waals surface area contributed by atoms with Crippen LogP contribution in [-0.4, -0.2) is 22.4 Å². The third-order valence-corrected chi connectivity index (χ3v) is 4.52. The topological polar surface area (TPSA) is 92.5 Å². The molecule has 4 atom stereocenters. The Morgan fingerprint density at radius 2 is 1.05 bits per heavy atom. The van der Waals surface area contributed by atoms with Gasteiger partial charge in [0.2, 0.25) is 0 Å². The SMILES string of the molecule is N[C@@H]1c2ccccc2C[C@@H]1O.N[C@H]1c2ccccc2C[C@H]1O. The zero-order valence-corrected chi connectivity index (χ0v) is 12.4. The minimum absolute atomic E-state index is 0.175. The van der Waals surface area contributed by atoms with Crippen molar-refractivity contribution < 1.29 is 10.2 Å². The van der Waals surface area contributed by atoms with Gasteiger partial charge in [-0.2, -0.15) is 0 Å². The number of aliphatic hydroxyl groups is 2. The molecule has 2 aromatic rings. The van der Waals surface area contributed by atoms with E-state index in [2.05, 4.69) is 0 Å². The third kappa shape index (κ3) is 2.78. The van der Waals surface area contributed by atoms with Gasteiger partial charge in [0.25, 0.3) is 0 Å². The summed E-state index contributed by atoms with van der Waals surface area (Å²) < 4.78 is 0. The smallest absolute Gasteiger partial charge is 0.0773 e. The van der Waals surface area contributed by atoms with E-state index in [-0.39, 0.29) is 24.3 Å². The number of nitrogens with two attached hydrogens (primary N) is 2. The lowest BCUT2D eigenvalue weighted by atomic mass is 10.1. The Kier molecular flexibility index (Phi) is 4.27. The molecule has 4 rings (SSSR count). The van der Waals surface area contributed by atoms with Gasteiger partial charge in [0.1, 0.15) is 0 Å². The Hall–Kier alpha value is -1.72. The van der Waals surface area contributed by atoms with Gasteiger partial charge in [-0.15, -0.1) is 0 Å². The van der Waals surface area contributed by atoms with Crippen molar-refractivity contribution in [2.75, 3.05) is 0 Å². The first-order chi connectivity index (χ1) is 10.6. The molecular weight excluding hydrogens is 276 g/mol. The summed E-state index contributed by atoms with van der Waals surface area (Å²) in [6, 6.07) is 15.5. The van der Waals surface area contributed by atoms with Crippen molar-refractivity contribution in [3.8, 4) is 0 Å². The van der Waals surface area contributed by atoms with E-state index >= 15 is 0 Å². The highest BCUT2D eigenvalue weighted by Gasteiger charge is 2.27. The van der Waals surface area contributed by atoms with Crippen LogP contribution in [0.1, 0.15) is 34.3 Å². The number of fused-ring (bicyclic) bond motifs is 2. The predicted molar refractivity (Wildman–Crippen MR) is 86.2 cm³/mol. The van der Waals surface area contributed by atoms with Gasteiger partial charge in [-0.3, -0.25) is 0 Å². The Morgan fingerprint density at radius 1 is 0.682 bits per heavy atom. The van der Waals surface area contributed by atoms with E-state index in [1.54, 1.807) is 0 Å². The van der Waals surface area contributed by atoms with Gasteiger partial charge in [-0.05, 0) is 22.3 Å². The molecular formula is C18H22N2O2. The lowest BCUT2D eigenvalue weighted by Crippen LogP contribution is -2.21. The summed E-state index contributed by atoms with van der Waals surface area (Å²) in [7, 11) is 0. The fourth-order valence-electron chi connectivity index (χ4n) is 3.21. The van der Waals surface area contributed by atoms with E-state index in [1.807, 2.05) is 48.5 Å². The minimum atomic E-state index is -0.382. The maximum atomic E-state index is 9.39. The molecule has 22 heavy (non-hydrogen) atoms. The molecule has 0 saturated heterocycles. The molecule has 2 aliphatic carbocycles. The molecule has 6 N–H and O–H groups in total. The Balaban J connectivity index is 0.000000131. The summed E-state index contributed by atoms with van der Waals surface area (Å²) in [5.41, 5.74) is 16.0. The maximum absolute atomic E-state index is 9.39. The van der Waals surface area contributed by atoms with Crippen molar-refractivity contribution in [3.63, 3.8) is 0 Å². The fraction of sp³-hybridized carbons (Fsp3) is 0.333. The molecule has 0 aromatic heterocycles. The molecule has 2 aliphatic rings. The number of benzene rings is 2. The highest BCUT2D eigenvalue weighted by atomic mass is 16.3. The Bertz CT molecular complexity index is 602. The van der Waals surface area contributed by atoms with E-state index in [9.17, 15) is 10.2 Å². The van der Waals surface area contributed by atoms with Crippen LogP contribution in [-0.2, 0) is 12.8 Å². The average molecular weight is 298 g/mol. The standard InChI is InChI=1S/2C9H11NO/c2*10-9-7-4-2-1-3-6(7)5-8(9)11/h2*1-4,8-9,11H,5,10H2/t2*8-,9+/m10/s1. The summed E-state index contributed by atoms with van der Waals surface area (Å²) in [5, 5.41) is 18.8. The van der Waals surface area contributed by atoms with Crippen molar-refractivity contribution in [1.82, 2.24) is 0 Å². The molecule has 0 spiro atoms. The van der Waals surface area contributed by atoms with Crippen LogP contribution in [0.15, 0.2) is 48.5 Å². The molecule has 0 radical (unpaired) electrons. The second kappa shape index (κ2) is 6.18. The van der Waals surface area contributed by atoms with E-state index < -0.39 is 0 Å². The van der Waals surface area contributed by atoms with Crippen molar-refractivity contribution in [2.45, 2.75) is 37.1 Å². The van der Waals surface area contributed by atoms with Crippen LogP contribution in [0.3, 0.4) is 0 Å². The maximum Gasteiger partial charge on any atom is 0.0773 e. The van der Waals surface area contributed by atoms with E-state index in [0.717, 1.165) is 11.1 Å². The molecule has 0 aliphatic heterocycles. The van der Waals surface area contributed by atoms with Crippen molar-refractivity contribution in [3.05, 3.63) is 70.8 Å². The second-order valence-corrected chi connectivity index (χ2v) is 5.99. The first kappa shape index (κ1) is 15.2. The van der Waals surface area contributed by atoms with Crippen LogP contribution in [0.5, 0.6) is 0 Å². The normalized spacial score (nSPS) is 28.5. The summed E-state index contributed by atoms with van der Waals surface area (Å²) in [4.78, 5) is 0. The predicted octanol–water partition coefficient (Wildman–Crippen LogP) is 1.21. The molecule has 0 unspecified atom stereocenters. The lowest BCUT2D eigenvalue weighted by Gasteiger charge is -2.07. The molecule has 4 heteroatoms. The highest BCUT2D eigenvalue weighted by molar-refractivity contribution is 5.36.